The molecule has 200 valence electrons. The van der Waals surface area contributed by atoms with Gasteiger partial charge in [0, 0.05) is 33.9 Å². The van der Waals surface area contributed by atoms with Crippen LogP contribution in [0, 0.1) is 5.92 Å². The maximum absolute atomic E-state index is 13.6. The Morgan fingerprint density at radius 2 is 1.71 bits per heavy atom. The highest BCUT2D eigenvalue weighted by Gasteiger charge is 2.38. The summed E-state index contributed by atoms with van der Waals surface area (Å²) < 4.78 is 29.0. The van der Waals surface area contributed by atoms with Gasteiger partial charge in [-0.15, -0.1) is 0 Å². The smallest absolute Gasteiger partial charge is 0.332 e. The van der Waals surface area contributed by atoms with E-state index in [0.29, 0.717) is 18.8 Å². The third kappa shape index (κ3) is 4.09. The number of hydrogen-bond acceptors (Lipinski definition) is 7. The summed E-state index contributed by atoms with van der Waals surface area (Å²) in [6, 6.07) is 14.0. The molecule has 0 bridgehead atoms. The first kappa shape index (κ1) is 25.7. The molecule has 1 aliphatic heterocycles. The van der Waals surface area contributed by atoms with Gasteiger partial charge in [0.1, 0.15) is 11.6 Å². The fraction of sp³-hybridized carbons (Fsp3) is 0.346. The molecule has 12 heteroatoms. The number of benzene rings is 2. The second-order valence-electron chi connectivity index (χ2n) is 10.2. The normalized spacial score (nSPS) is 16.3. The minimum atomic E-state index is -4.03. The van der Waals surface area contributed by atoms with E-state index in [1.54, 1.807) is 23.7 Å². The molecule has 2 N–H and O–H groups in total. The molecule has 0 saturated heterocycles. The number of hydrogen-bond donors (Lipinski definition) is 1. The largest absolute Gasteiger partial charge is 0.353 e. The molecule has 2 aromatic carbocycles. The van der Waals surface area contributed by atoms with Gasteiger partial charge < -0.3 is 9.80 Å². The van der Waals surface area contributed by atoms with E-state index in [1.165, 1.54) is 22.7 Å². The van der Waals surface area contributed by atoms with Gasteiger partial charge in [0.05, 0.1) is 12.2 Å². The molecule has 1 atom stereocenters. The topological polar surface area (TPSA) is 128 Å². The van der Waals surface area contributed by atoms with Crippen LogP contribution >= 0.6 is 0 Å². The zero-order valence-electron chi connectivity index (χ0n) is 22.0. The fourth-order valence-electron chi connectivity index (χ4n) is 5.27. The molecule has 0 amide bonds. The average molecular weight is 538 g/mol. The summed E-state index contributed by atoms with van der Waals surface area (Å²) >= 11 is 0. The molecule has 5 rings (SSSR count). The Hall–Kier alpha value is -3.90. The first-order chi connectivity index (χ1) is 17.9. The molecule has 3 heterocycles. The molecular weight excluding hydrogens is 506 g/mol. The van der Waals surface area contributed by atoms with Crippen LogP contribution in [-0.4, -0.2) is 51.2 Å². The van der Waals surface area contributed by atoms with Gasteiger partial charge in [-0.05, 0) is 22.3 Å². The molecule has 1 unspecified atom stereocenters. The van der Waals surface area contributed by atoms with Crippen molar-refractivity contribution >= 4 is 31.8 Å². The van der Waals surface area contributed by atoms with Crippen LogP contribution in [0.5, 0.6) is 0 Å². The number of aromatic nitrogens is 4. The third-order valence-corrected chi connectivity index (χ3v) is 7.94. The summed E-state index contributed by atoms with van der Waals surface area (Å²) in [5.41, 5.74) is 0.776. The van der Waals surface area contributed by atoms with Crippen molar-refractivity contribution < 1.29 is 8.42 Å². The third-order valence-electron chi connectivity index (χ3n) is 6.96. The minimum Gasteiger partial charge on any atom is -0.353 e. The van der Waals surface area contributed by atoms with Gasteiger partial charge in [-0.25, -0.2) is 18.4 Å². The Morgan fingerprint density at radius 1 is 1.03 bits per heavy atom. The van der Waals surface area contributed by atoms with E-state index in [0.717, 1.165) is 20.9 Å². The van der Waals surface area contributed by atoms with Crippen molar-refractivity contribution in [3.05, 3.63) is 85.8 Å². The van der Waals surface area contributed by atoms with Gasteiger partial charge in [0.25, 0.3) is 15.6 Å². The molecule has 0 aliphatic carbocycles. The lowest BCUT2D eigenvalue weighted by Gasteiger charge is -2.29. The van der Waals surface area contributed by atoms with Crippen LogP contribution in [0.2, 0.25) is 0 Å². The van der Waals surface area contributed by atoms with E-state index in [1.807, 2.05) is 56.3 Å². The number of rotatable bonds is 6. The Labute approximate surface area is 220 Å². The Kier molecular flexibility index (Phi) is 6.19. The second kappa shape index (κ2) is 9.14. The maximum atomic E-state index is 13.6. The van der Waals surface area contributed by atoms with Gasteiger partial charge in [0.15, 0.2) is 10.7 Å². The van der Waals surface area contributed by atoms with Crippen LogP contribution in [0.4, 0.5) is 0 Å². The van der Waals surface area contributed by atoms with Crippen molar-refractivity contribution in [2.24, 2.45) is 18.1 Å². The highest BCUT2D eigenvalue weighted by atomic mass is 32.2. The number of fused-ring (bicyclic) bond motifs is 2. The van der Waals surface area contributed by atoms with Gasteiger partial charge >= 0.3 is 5.69 Å². The highest BCUT2D eigenvalue weighted by molar-refractivity contribution is 7.93. The second-order valence-corrected chi connectivity index (χ2v) is 11.7. The van der Waals surface area contributed by atoms with Crippen LogP contribution in [0.25, 0.3) is 21.8 Å². The standard InChI is InChI=1S/C26H31N7O4S/c1-16(2)13-32-23-21(25(34)31(5)26(32)35)22(24-29(3)15-20(30(24)4)38(27,36)37)33(28-23)14-18-11-8-10-17-9-6-7-12-19(17)18/h6-12,15-16,24H,13-14H2,1-5H3,(H2,27,36,37). The van der Waals surface area contributed by atoms with Crippen molar-refractivity contribution in [2.45, 2.75) is 33.1 Å². The zero-order chi connectivity index (χ0) is 27.5. The lowest BCUT2D eigenvalue weighted by Crippen LogP contribution is -2.39. The quantitative estimate of drug-likeness (QED) is 0.397. The van der Waals surface area contributed by atoms with Gasteiger partial charge in [-0.3, -0.25) is 18.6 Å². The van der Waals surface area contributed by atoms with Crippen LogP contribution in [0.3, 0.4) is 0 Å². The summed E-state index contributed by atoms with van der Waals surface area (Å²) in [5, 5.41) is 12.6. The Balaban J connectivity index is 1.83. The molecule has 0 spiro atoms. The van der Waals surface area contributed by atoms with Gasteiger partial charge in [-0.1, -0.05) is 56.3 Å². The maximum Gasteiger partial charge on any atom is 0.332 e. The average Bonchev–Trinajstić information content (AvgIpc) is 3.36. The van der Waals surface area contributed by atoms with Crippen molar-refractivity contribution in [1.29, 1.82) is 0 Å². The van der Waals surface area contributed by atoms with Crippen molar-refractivity contribution in [3.63, 3.8) is 0 Å². The van der Waals surface area contributed by atoms with Crippen molar-refractivity contribution in [3.8, 4) is 0 Å². The SMILES string of the molecule is CC(C)Cn1c(=O)n(C)c(=O)c2c(C3N(C)C=C(S(N)(=O)=O)N3C)n(Cc3cccc4ccccc34)nc21. The summed E-state index contributed by atoms with van der Waals surface area (Å²) in [6.07, 6.45) is 0.733. The predicted octanol–water partition coefficient (Wildman–Crippen LogP) is 1.72. The molecular formula is C26H31N7O4S. The van der Waals surface area contributed by atoms with Crippen LogP contribution < -0.4 is 16.4 Å². The van der Waals surface area contributed by atoms with Crippen molar-refractivity contribution in [2.75, 3.05) is 14.1 Å². The first-order valence-corrected chi connectivity index (χ1v) is 13.8. The van der Waals surface area contributed by atoms with E-state index < -0.39 is 27.4 Å². The van der Waals surface area contributed by atoms with E-state index in [4.69, 9.17) is 10.2 Å². The molecule has 0 saturated carbocycles. The monoisotopic (exact) mass is 537 g/mol. The van der Waals surface area contributed by atoms with Gasteiger partial charge in [-0.2, -0.15) is 5.10 Å². The Bertz CT molecular complexity index is 1830. The molecule has 0 fully saturated rings. The fourth-order valence-corrected chi connectivity index (χ4v) is 6.08. The minimum absolute atomic E-state index is 0.0802. The molecule has 0 radical (unpaired) electrons. The Morgan fingerprint density at radius 3 is 2.37 bits per heavy atom. The number of primary sulfonamides is 1. The number of nitrogens with two attached hydrogens (primary N) is 1. The van der Waals surface area contributed by atoms with Crippen LogP contribution in [-0.2, 0) is 30.2 Å². The molecule has 38 heavy (non-hydrogen) atoms. The van der Waals surface area contributed by atoms with E-state index in [-0.39, 0.29) is 22.0 Å². The number of nitrogens with zero attached hydrogens (tertiary/aromatic N) is 6. The van der Waals surface area contributed by atoms with E-state index in [2.05, 4.69) is 0 Å². The van der Waals surface area contributed by atoms with Crippen molar-refractivity contribution in [1.82, 2.24) is 28.7 Å². The van der Waals surface area contributed by atoms with E-state index >= 15 is 0 Å². The lowest BCUT2D eigenvalue weighted by molar-refractivity contribution is 0.194. The molecule has 4 aromatic rings. The molecule has 11 nitrogen and oxygen atoms in total. The van der Waals surface area contributed by atoms with E-state index in [9.17, 15) is 18.0 Å². The highest BCUT2D eigenvalue weighted by Crippen LogP contribution is 2.37. The van der Waals surface area contributed by atoms with Crippen LogP contribution in [0.1, 0.15) is 31.3 Å². The number of sulfonamides is 1. The first-order valence-electron chi connectivity index (χ1n) is 12.3. The molecule has 2 aromatic heterocycles. The van der Waals surface area contributed by atoms with Gasteiger partial charge in [0.2, 0.25) is 0 Å². The summed E-state index contributed by atoms with van der Waals surface area (Å²) in [6.45, 7) is 4.63. The lowest BCUT2D eigenvalue weighted by atomic mass is 10.0. The summed E-state index contributed by atoms with van der Waals surface area (Å²) in [4.78, 5) is 30.0. The summed E-state index contributed by atoms with van der Waals surface area (Å²) in [7, 11) is 0.741. The molecule has 1 aliphatic rings. The summed E-state index contributed by atoms with van der Waals surface area (Å²) in [5.74, 6) is 0.118. The zero-order valence-corrected chi connectivity index (χ0v) is 22.8. The predicted molar refractivity (Wildman–Crippen MR) is 147 cm³/mol. The van der Waals surface area contributed by atoms with Crippen LogP contribution in [0.15, 0.2) is 63.3 Å².